The second kappa shape index (κ2) is 15.8. The molecule has 0 aliphatic carbocycles. The molecule has 0 amide bonds. The van der Waals surface area contributed by atoms with Gasteiger partial charge in [0.15, 0.2) is 0 Å². The molecule has 0 aromatic heterocycles. The summed E-state index contributed by atoms with van der Waals surface area (Å²) in [6.45, 7) is 16.8. The summed E-state index contributed by atoms with van der Waals surface area (Å²) >= 11 is 0. The molecule has 6 nitrogen and oxygen atoms in total. The first-order valence-electron chi connectivity index (χ1n) is 22.4. The van der Waals surface area contributed by atoms with E-state index in [9.17, 15) is 0 Å². The van der Waals surface area contributed by atoms with Crippen LogP contribution >= 0.6 is 0 Å². The van der Waals surface area contributed by atoms with E-state index in [0.29, 0.717) is 0 Å². The van der Waals surface area contributed by atoms with Gasteiger partial charge in [0.2, 0.25) is 0 Å². The second-order valence-electron chi connectivity index (χ2n) is 19.1. The van der Waals surface area contributed by atoms with Gasteiger partial charge in [-0.15, -0.1) is 0 Å². The molecule has 0 unspecified atom stereocenters. The van der Waals surface area contributed by atoms with Crippen LogP contribution < -0.4 is 20.7 Å². The molecule has 0 N–H and O–H groups in total. The summed E-state index contributed by atoms with van der Waals surface area (Å²) in [5.74, 6) is 0. The van der Waals surface area contributed by atoms with Crippen molar-refractivity contribution in [2.45, 2.75) is 77.8 Å². The quantitative estimate of drug-likeness (QED) is 0.135. The zero-order chi connectivity index (χ0) is 44.4. The van der Waals surface area contributed by atoms with E-state index in [1.165, 1.54) is 21.5 Å². The Bertz CT molecular complexity index is 2750. The molecule has 2 aliphatic heterocycles. The molecule has 2 heterocycles. The highest BCUT2D eigenvalue weighted by molar-refractivity contribution is 6.62. The van der Waals surface area contributed by atoms with Gasteiger partial charge in [-0.25, -0.2) is 0 Å². The van der Waals surface area contributed by atoms with Crippen LogP contribution in [0.4, 0.5) is 34.1 Å². The highest BCUT2D eigenvalue weighted by Crippen LogP contribution is 2.43. The van der Waals surface area contributed by atoms with E-state index in [-0.39, 0.29) is 0 Å². The summed E-state index contributed by atoms with van der Waals surface area (Å²) in [5, 5.41) is 4.70. The van der Waals surface area contributed by atoms with E-state index >= 15 is 0 Å². The smallest absolute Gasteiger partial charge is 0.399 e. The minimum Gasteiger partial charge on any atom is -0.399 e. The van der Waals surface area contributed by atoms with Gasteiger partial charge in [0.05, 0.1) is 33.8 Å². The van der Waals surface area contributed by atoms with Crippen LogP contribution in [0.3, 0.4) is 0 Å². The van der Waals surface area contributed by atoms with Crippen LogP contribution in [0.25, 0.3) is 32.7 Å². The first kappa shape index (κ1) is 41.8. The van der Waals surface area contributed by atoms with Crippen LogP contribution in [0, 0.1) is 0 Å². The lowest BCUT2D eigenvalue weighted by Gasteiger charge is -2.32. The van der Waals surface area contributed by atoms with Gasteiger partial charge < -0.3 is 28.4 Å². The Kier molecular flexibility index (Phi) is 10.3. The molecule has 64 heavy (non-hydrogen) atoms. The average molecular weight is 841 g/mol. The SMILES string of the molecule is CC1(C)OB(c2cccc(N(c3ccc(-c4ccc(N(c5cccc(B6OC(C)(C)C(C)(C)O6)c5)c5cccc6ccccc56)cc4)cc3)c3cccc4ccccc34)c2)OC1(C)C. The number of hydrogen-bond donors (Lipinski definition) is 0. The van der Waals surface area contributed by atoms with Crippen LogP contribution in [0.2, 0.25) is 0 Å². The van der Waals surface area contributed by atoms with E-state index in [1.807, 2.05) is 0 Å². The number of rotatable bonds is 9. The van der Waals surface area contributed by atoms with Crippen molar-refractivity contribution in [2.24, 2.45) is 0 Å². The Balaban J connectivity index is 1.01. The predicted octanol–water partition coefficient (Wildman–Crippen LogP) is 13.2. The molecule has 8 aromatic rings. The molecule has 2 aliphatic rings. The van der Waals surface area contributed by atoms with Crippen LogP contribution in [0.15, 0.2) is 182 Å². The fourth-order valence-corrected chi connectivity index (χ4v) is 8.85. The topological polar surface area (TPSA) is 43.4 Å². The van der Waals surface area contributed by atoms with Crippen molar-refractivity contribution in [3.05, 3.63) is 182 Å². The maximum absolute atomic E-state index is 6.51. The number of nitrogens with zero attached hydrogens (tertiary/aromatic N) is 2. The lowest BCUT2D eigenvalue weighted by Crippen LogP contribution is -2.41. The number of hydrogen-bond acceptors (Lipinski definition) is 6. The minimum absolute atomic E-state index is 0.439. The fraction of sp³-hybridized carbons (Fsp3) is 0.214. The number of benzene rings is 8. The maximum Gasteiger partial charge on any atom is 0.494 e. The Morgan fingerprint density at radius 1 is 0.328 bits per heavy atom. The summed E-state index contributed by atoms with van der Waals surface area (Å²) in [6, 6.07) is 65.0. The second-order valence-corrected chi connectivity index (χ2v) is 19.1. The van der Waals surface area contributed by atoms with Gasteiger partial charge in [-0.05, 0) is 149 Å². The third-order valence-electron chi connectivity index (χ3n) is 13.9. The first-order chi connectivity index (χ1) is 30.7. The third kappa shape index (κ3) is 7.48. The zero-order valence-electron chi connectivity index (χ0n) is 38.0. The molecule has 0 atom stereocenters. The van der Waals surface area contributed by atoms with Crippen LogP contribution in [0.5, 0.6) is 0 Å². The summed E-state index contributed by atoms with van der Waals surface area (Å²) < 4.78 is 26.0. The summed E-state index contributed by atoms with van der Waals surface area (Å²) in [4.78, 5) is 4.67. The fourth-order valence-electron chi connectivity index (χ4n) is 8.85. The van der Waals surface area contributed by atoms with Crippen molar-refractivity contribution in [3.63, 3.8) is 0 Å². The normalized spacial score (nSPS) is 17.2. The molecule has 10 rings (SSSR count). The lowest BCUT2D eigenvalue weighted by atomic mass is 9.79. The number of fused-ring (bicyclic) bond motifs is 2. The molecule has 0 radical (unpaired) electrons. The van der Waals surface area contributed by atoms with E-state index in [2.05, 4.69) is 247 Å². The maximum atomic E-state index is 6.51. The van der Waals surface area contributed by atoms with Gasteiger partial charge in [0.1, 0.15) is 0 Å². The molecule has 8 heteroatoms. The summed E-state index contributed by atoms with van der Waals surface area (Å²) in [5.41, 5.74) is 8.79. The first-order valence-corrected chi connectivity index (χ1v) is 22.4. The Morgan fingerprint density at radius 2 is 0.656 bits per heavy atom. The molecule has 318 valence electrons. The molecule has 2 fully saturated rings. The molecule has 8 aromatic carbocycles. The van der Waals surface area contributed by atoms with Gasteiger partial charge >= 0.3 is 14.2 Å². The van der Waals surface area contributed by atoms with Gasteiger partial charge in [0.25, 0.3) is 0 Å². The Labute approximate surface area is 378 Å². The van der Waals surface area contributed by atoms with Crippen molar-refractivity contribution in [3.8, 4) is 11.1 Å². The summed E-state index contributed by atoms with van der Waals surface area (Å²) in [7, 11) is -0.944. The van der Waals surface area contributed by atoms with Crippen LogP contribution in [-0.2, 0) is 18.6 Å². The van der Waals surface area contributed by atoms with Gasteiger partial charge in [-0.2, -0.15) is 0 Å². The zero-order valence-corrected chi connectivity index (χ0v) is 38.0. The average Bonchev–Trinajstić information content (AvgIpc) is 3.66. The van der Waals surface area contributed by atoms with Crippen molar-refractivity contribution in [2.75, 3.05) is 9.80 Å². The van der Waals surface area contributed by atoms with E-state index in [1.54, 1.807) is 0 Å². The molecule has 0 saturated carbocycles. The van der Waals surface area contributed by atoms with Crippen LogP contribution in [0.1, 0.15) is 55.4 Å². The third-order valence-corrected chi connectivity index (χ3v) is 13.9. The largest absolute Gasteiger partial charge is 0.494 e. The van der Waals surface area contributed by atoms with E-state index < -0.39 is 36.6 Å². The highest BCUT2D eigenvalue weighted by atomic mass is 16.7. The number of anilines is 6. The van der Waals surface area contributed by atoms with Crippen molar-refractivity contribution in [1.82, 2.24) is 0 Å². The van der Waals surface area contributed by atoms with E-state index in [0.717, 1.165) is 56.2 Å². The molecule has 2 saturated heterocycles. The molecular formula is C56H54B2N2O4. The Hall–Kier alpha value is -6.15. The molecule has 0 bridgehead atoms. The van der Waals surface area contributed by atoms with Crippen molar-refractivity contribution >= 4 is 80.8 Å². The molecular weight excluding hydrogens is 786 g/mol. The Morgan fingerprint density at radius 3 is 1.03 bits per heavy atom. The highest BCUT2D eigenvalue weighted by Gasteiger charge is 2.53. The van der Waals surface area contributed by atoms with Gasteiger partial charge in [-0.3, -0.25) is 0 Å². The van der Waals surface area contributed by atoms with Crippen LogP contribution in [-0.4, -0.2) is 36.6 Å². The summed E-state index contributed by atoms with van der Waals surface area (Å²) in [6.07, 6.45) is 0. The van der Waals surface area contributed by atoms with Gasteiger partial charge in [0, 0.05) is 33.5 Å². The van der Waals surface area contributed by atoms with Crippen molar-refractivity contribution in [1.29, 1.82) is 0 Å². The minimum atomic E-state index is -0.472. The standard InChI is InChI=1S/C56H54B2N2O4/c1-53(2)54(3,4)62-57(61-53)43-21-15-23-47(37-43)59(51-27-13-19-41-17-9-11-25-49(41)51)45-33-29-39(30-34-45)40-31-35-46(36-32-40)60(52-28-14-20-42-18-10-12-26-50(42)52)48-24-16-22-44(38-48)58-63-55(5,6)56(7,8)64-58/h9-38H,1-8H3. The monoisotopic (exact) mass is 840 g/mol. The van der Waals surface area contributed by atoms with Gasteiger partial charge in [-0.1, -0.05) is 121 Å². The lowest BCUT2D eigenvalue weighted by molar-refractivity contribution is 0.00578. The van der Waals surface area contributed by atoms with E-state index in [4.69, 9.17) is 18.6 Å². The molecule has 0 spiro atoms. The predicted molar refractivity (Wildman–Crippen MR) is 268 cm³/mol. The van der Waals surface area contributed by atoms with Crippen molar-refractivity contribution < 1.29 is 18.6 Å².